The van der Waals surface area contributed by atoms with Crippen LogP contribution in [0.4, 0.5) is 17.3 Å². The number of hydrogen-bond donors (Lipinski definition) is 1. The van der Waals surface area contributed by atoms with Crippen molar-refractivity contribution < 1.29 is 9.66 Å². The van der Waals surface area contributed by atoms with Gasteiger partial charge in [0, 0.05) is 26.7 Å². The highest BCUT2D eigenvalue weighted by Crippen LogP contribution is 2.32. The summed E-state index contributed by atoms with van der Waals surface area (Å²) in [6.07, 6.45) is 4.60. The Morgan fingerprint density at radius 1 is 1.40 bits per heavy atom. The Hall–Kier alpha value is -1.96. The second kappa shape index (κ2) is 6.99. The van der Waals surface area contributed by atoms with Crippen molar-refractivity contribution >= 4 is 17.3 Å². The first kappa shape index (κ1) is 14.4. The Balaban J connectivity index is 2.25. The van der Waals surface area contributed by atoms with Crippen molar-refractivity contribution in [3.63, 3.8) is 0 Å². The highest BCUT2D eigenvalue weighted by atomic mass is 16.6. The zero-order valence-corrected chi connectivity index (χ0v) is 11.5. The predicted octanol–water partition coefficient (Wildman–Crippen LogP) is 1.43. The first-order valence-corrected chi connectivity index (χ1v) is 6.71. The van der Waals surface area contributed by atoms with Crippen LogP contribution in [0.5, 0.6) is 0 Å². The molecule has 2 rings (SSSR count). The number of methoxy groups -OCH3 is 1. The lowest BCUT2D eigenvalue weighted by molar-refractivity contribution is -0.383. The van der Waals surface area contributed by atoms with Crippen LogP contribution >= 0.6 is 0 Å². The monoisotopic (exact) mass is 281 g/mol. The van der Waals surface area contributed by atoms with Crippen LogP contribution in [0.2, 0.25) is 0 Å². The summed E-state index contributed by atoms with van der Waals surface area (Å²) < 4.78 is 4.92. The van der Waals surface area contributed by atoms with Gasteiger partial charge in [0.05, 0.1) is 11.5 Å². The summed E-state index contributed by atoms with van der Waals surface area (Å²) in [6.45, 7) is 2.53. The Morgan fingerprint density at radius 2 is 2.15 bits per heavy atom. The summed E-state index contributed by atoms with van der Waals surface area (Å²) in [7, 11) is 1.58. The number of hydrogen-bond acceptors (Lipinski definition) is 7. The molecular weight excluding hydrogens is 262 g/mol. The van der Waals surface area contributed by atoms with Crippen molar-refractivity contribution in [2.24, 2.45) is 0 Å². The van der Waals surface area contributed by atoms with Gasteiger partial charge >= 0.3 is 5.69 Å². The topological polar surface area (TPSA) is 93.4 Å². The SMILES string of the molecule is COCCNc1ncnc(N2CCCCC2)c1[N+](=O)[O-]. The molecule has 8 nitrogen and oxygen atoms in total. The van der Waals surface area contributed by atoms with Gasteiger partial charge in [-0.2, -0.15) is 0 Å². The smallest absolute Gasteiger partial charge is 0.353 e. The largest absolute Gasteiger partial charge is 0.383 e. The molecule has 2 heterocycles. The molecule has 0 saturated carbocycles. The van der Waals surface area contributed by atoms with E-state index >= 15 is 0 Å². The van der Waals surface area contributed by atoms with Crippen molar-refractivity contribution in [1.29, 1.82) is 0 Å². The third kappa shape index (κ3) is 3.32. The van der Waals surface area contributed by atoms with E-state index in [2.05, 4.69) is 15.3 Å². The van der Waals surface area contributed by atoms with E-state index in [-0.39, 0.29) is 11.5 Å². The molecular formula is C12H19N5O3. The van der Waals surface area contributed by atoms with Crippen molar-refractivity contribution in [3.05, 3.63) is 16.4 Å². The molecule has 1 aliphatic rings. The zero-order chi connectivity index (χ0) is 14.4. The molecule has 0 amide bonds. The number of rotatable bonds is 6. The van der Waals surface area contributed by atoms with Gasteiger partial charge in [0.15, 0.2) is 0 Å². The minimum Gasteiger partial charge on any atom is -0.383 e. The predicted molar refractivity (Wildman–Crippen MR) is 75.1 cm³/mol. The maximum absolute atomic E-state index is 11.3. The van der Waals surface area contributed by atoms with Crippen LogP contribution in [0.1, 0.15) is 19.3 Å². The standard InChI is InChI=1S/C12H19N5O3/c1-20-8-5-13-11-10(17(18)19)12(15-9-14-11)16-6-3-2-4-7-16/h9H,2-8H2,1H3,(H,13,14,15). The minimum absolute atomic E-state index is 0.0505. The molecule has 1 aromatic rings. The average molecular weight is 281 g/mol. The van der Waals surface area contributed by atoms with Gasteiger partial charge in [-0.3, -0.25) is 10.1 Å². The molecule has 110 valence electrons. The van der Waals surface area contributed by atoms with E-state index in [0.29, 0.717) is 19.0 Å². The third-order valence-corrected chi connectivity index (χ3v) is 3.24. The van der Waals surface area contributed by atoms with Crippen molar-refractivity contribution in [1.82, 2.24) is 9.97 Å². The fourth-order valence-corrected chi connectivity index (χ4v) is 2.28. The molecule has 8 heteroatoms. The molecule has 0 aromatic carbocycles. The number of piperidine rings is 1. The van der Waals surface area contributed by atoms with Gasteiger partial charge < -0.3 is 15.0 Å². The zero-order valence-electron chi connectivity index (χ0n) is 11.5. The van der Waals surface area contributed by atoms with Crippen LogP contribution in [0.15, 0.2) is 6.33 Å². The van der Waals surface area contributed by atoms with E-state index < -0.39 is 4.92 Å². The van der Waals surface area contributed by atoms with Gasteiger partial charge in [-0.25, -0.2) is 9.97 Å². The van der Waals surface area contributed by atoms with Crippen molar-refractivity contribution in [3.8, 4) is 0 Å². The van der Waals surface area contributed by atoms with Gasteiger partial charge in [0.2, 0.25) is 11.6 Å². The molecule has 0 bridgehead atoms. The van der Waals surface area contributed by atoms with E-state index in [1.165, 1.54) is 6.33 Å². The molecule has 1 fully saturated rings. The molecule has 1 N–H and O–H groups in total. The van der Waals surface area contributed by atoms with Crippen molar-refractivity contribution in [2.75, 3.05) is 43.6 Å². The number of nitrogens with one attached hydrogen (secondary N) is 1. The Kier molecular flexibility index (Phi) is 5.05. The fraction of sp³-hybridized carbons (Fsp3) is 0.667. The number of anilines is 2. The van der Waals surface area contributed by atoms with Crippen LogP contribution < -0.4 is 10.2 Å². The second-order valence-corrected chi connectivity index (χ2v) is 4.62. The third-order valence-electron chi connectivity index (χ3n) is 3.24. The van der Waals surface area contributed by atoms with Gasteiger partial charge in [0.25, 0.3) is 0 Å². The maximum atomic E-state index is 11.3. The summed E-state index contributed by atoms with van der Waals surface area (Å²) in [5.41, 5.74) is -0.0505. The Bertz CT molecular complexity index is 462. The highest BCUT2D eigenvalue weighted by molar-refractivity contribution is 5.70. The molecule has 1 aromatic heterocycles. The Labute approximate surface area is 117 Å². The summed E-state index contributed by atoms with van der Waals surface area (Å²) in [5, 5.41) is 14.3. The van der Waals surface area contributed by atoms with Gasteiger partial charge in [-0.05, 0) is 19.3 Å². The van der Waals surface area contributed by atoms with Crippen molar-refractivity contribution in [2.45, 2.75) is 19.3 Å². The number of nitrogens with zero attached hydrogens (tertiary/aromatic N) is 4. The summed E-state index contributed by atoms with van der Waals surface area (Å²) >= 11 is 0. The molecule has 1 saturated heterocycles. The van der Waals surface area contributed by atoms with Crippen LogP contribution in [-0.2, 0) is 4.74 Å². The van der Waals surface area contributed by atoms with E-state index in [0.717, 1.165) is 32.4 Å². The molecule has 1 aliphatic heterocycles. The maximum Gasteiger partial charge on any atom is 0.353 e. The van der Waals surface area contributed by atoms with E-state index in [1.54, 1.807) is 7.11 Å². The molecule has 0 radical (unpaired) electrons. The molecule has 0 unspecified atom stereocenters. The molecule has 0 aliphatic carbocycles. The second-order valence-electron chi connectivity index (χ2n) is 4.62. The Morgan fingerprint density at radius 3 is 2.80 bits per heavy atom. The molecule has 20 heavy (non-hydrogen) atoms. The lowest BCUT2D eigenvalue weighted by Gasteiger charge is -2.27. The first-order chi connectivity index (χ1) is 9.74. The lowest BCUT2D eigenvalue weighted by Crippen LogP contribution is -2.31. The summed E-state index contributed by atoms with van der Waals surface area (Å²) in [6, 6.07) is 0. The van der Waals surface area contributed by atoms with Crippen LogP contribution in [0.25, 0.3) is 0 Å². The van der Waals surface area contributed by atoms with Gasteiger partial charge in [-0.15, -0.1) is 0 Å². The fourth-order valence-electron chi connectivity index (χ4n) is 2.28. The first-order valence-electron chi connectivity index (χ1n) is 6.71. The van der Waals surface area contributed by atoms with Gasteiger partial charge in [0.1, 0.15) is 6.33 Å². The van der Waals surface area contributed by atoms with E-state index in [4.69, 9.17) is 4.74 Å². The van der Waals surface area contributed by atoms with E-state index in [9.17, 15) is 10.1 Å². The van der Waals surface area contributed by atoms with Crippen LogP contribution in [0.3, 0.4) is 0 Å². The number of aromatic nitrogens is 2. The molecule has 0 atom stereocenters. The van der Waals surface area contributed by atoms with Gasteiger partial charge in [-0.1, -0.05) is 0 Å². The number of nitro groups is 1. The normalized spacial score (nSPS) is 15.2. The summed E-state index contributed by atoms with van der Waals surface area (Å²) in [5.74, 6) is 0.659. The highest BCUT2D eigenvalue weighted by Gasteiger charge is 2.27. The number of ether oxygens (including phenoxy) is 1. The average Bonchev–Trinajstić information content (AvgIpc) is 2.48. The quantitative estimate of drug-likeness (QED) is 0.479. The van der Waals surface area contributed by atoms with Crippen LogP contribution in [-0.4, -0.2) is 48.2 Å². The lowest BCUT2D eigenvalue weighted by atomic mass is 10.1. The van der Waals surface area contributed by atoms with Crippen LogP contribution in [0, 0.1) is 10.1 Å². The molecule has 0 spiro atoms. The summed E-state index contributed by atoms with van der Waals surface area (Å²) in [4.78, 5) is 21.0. The van der Waals surface area contributed by atoms with E-state index in [1.807, 2.05) is 4.90 Å². The minimum atomic E-state index is -0.418.